The van der Waals surface area contributed by atoms with Crippen LogP contribution in [0.5, 0.6) is 0 Å². The normalized spacial score (nSPS) is 17.8. The van der Waals surface area contributed by atoms with Crippen molar-refractivity contribution in [2.45, 2.75) is 92.5 Å². The molecular formula is C54H56N+. The molecule has 55 heavy (non-hydrogen) atoms. The first kappa shape index (κ1) is 36.7. The maximum atomic E-state index is 2.62. The lowest BCUT2D eigenvalue weighted by molar-refractivity contribution is -0.759. The van der Waals surface area contributed by atoms with Crippen LogP contribution in [0.25, 0.3) is 66.5 Å². The second kappa shape index (κ2) is 14.8. The van der Waals surface area contributed by atoms with Gasteiger partial charge in [0.1, 0.15) is 0 Å². The third-order valence-electron chi connectivity index (χ3n) is 13.5. The molecule has 276 valence electrons. The molecule has 0 fully saturated rings. The van der Waals surface area contributed by atoms with Crippen LogP contribution >= 0.6 is 0 Å². The van der Waals surface area contributed by atoms with Crippen LogP contribution in [-0.2, 0) is 12.0 Å². The molecule has 1 aliphatic heterocycles. The molecule has 0 radical (unpaired) electrons. The third kappa shape index (κ3) is 6.23. The van der Waals surface area contributed by atoms with Gasteiger partial charge in [0, 0.05) is 25.3 Å². The van der Waals surface area contributed by atoms with E-state index in [1.54, 1.807) is 0 Å². The predicted octanol–water partition coefficient (Wildman–Crippen LogP) is 14.6. The van der Waals surface area contributed by atoms with Gasteiger partial charge >= 0.3 is 0 Å². The first-order chi connectivity index (χ1) is 26.7. The fourth-order valence-corrected chi connectivity index (χ4v) is 10.0. The van der Waals surface area contributed by atoms with Crippen LogP contribution in [-0.4, -0.2) is 0 Å². The van der Waals surface area contributed by atoms with Gasteiger partial charge in [0.05, 0.1) is 10.9 Å². The topological polar surface area (TPSA) is 3.88 Å². The first-order valence-electron chi connectivity index (χ1n) is 20.6. The van der Waals surface area contributed by atoms with E-state index in [0.717, 1.165) is 12.8 Å². The number of pyridine rings is 1. The SMILES string of the molecule is CCCCc1cccc(-c2c(C)c(-c3ccccc3)c(C)c(-c3cccc(-c4ccc5c(c4)-c4c6ccccc6cc[n+]4C(C)(CC)C(C)C5C)c3)c2C)c1. The molecule has 0 aliphatic carbocycles. The largest absolute Gasteiger partial charge is 0.221 e. The Morgan fingerprint density at radius 1 is 0.582 bits per heavy atom. The summed E-state index contributed by atoms with van der Waals surface area (Å²) in [5.41, 5.74) is 20.0. The number of rotatable bonds is 8. The zero-order valence-corrected chi connectivity index (χ0v) is 34.1. The second-order valence-electron chi connectivity index (χ2n) is 16.5. The summed E-state index contributed by atoms with van der Waals surface area (Å²) in [6.07, 6.45) is 6.96. The van der Waals surface area contributed by atoms with Crippen LogP contribution in [0.15, 0.2) is 134 Å². The molecule has 7 aromatic rings. The molecule has 0 bridgehead atoms. The summed E-state index contributed by atoms with van der Waals surface area (Å²) in [7, 11) is 0. The van der Waals surface area contributed by atoms with Crippen molar-refractivity contribution >= 4 is 10.8 Å². The average Bonchev–Trinajstić information content (AvgIpc) is 3.28. The van der Waals surface area contributed by atoms with Gasteiger partial charge in [0.15, 0.2) is 11.7 Å². The van der Waals surface area contributed by atoms with Crippen molar-refractivity contribution in [1.29, 1.82) is 0 Å². The Hall–Kier alpha value is -5.27. The molecule has 3 atom stereocenters. The molecule has 0 spiro atoms. The van der Waals surface area contributed by atoms with E-state index in [1.165, 1.54) is 107 Å². The molecule has 1 aromatic heterocycles. The molecule has 6 aromatic carbocycles. The number of benzene rings is 6. The van der Waals surface area contributed by atoms with Gasteiger partial charge in [0.2, 0.25) is 5.69 Å². The lowest BCUT2D eigenvalue weighted by Crippen LogP contribution is -2.58. The van der Waals surface area contributed by atoms with Gasteiger partial charge in [-0.25, -0.2) is 0 Å². The van der Waals surface area contributed by atoms with E-state index in [2.05, 4.69) is 194 Å². The highest BCUT2D eigenvalue weighted by molar-refractivity contribution is 5.95. The molecule has 0 saturated carbocycles. The van der Waals surface area contributed by atoms with Crippen molar-refractivity contribution in [3.8, 4) is 55.8 Å². The highest BCUT2D eigenvalue weighted by Crippen LogP contribution is 2.47. The van der Waals surface area contributed by atoms with Gasteiger partial charge in [-0.3, -0.25) is 0 Å². The van der Waals surface area contributed by atoms with Crippen LogP contribution in [0.2, 0.25) is 0 Å². The monoisotopic (exact) mass is 718 g/mol. The van der Waals surface area contributed by atoms with E-state index in [4.69, 9.17) is 0 Å². The lowest BCUT2D eigenvalue weighted by Gasteiger charge is -2.32. The van der Waals surface area contributed by atoms with Crippen molar-refractivity contribution < 1.29 is 4.57 Å². The fourth-order valence-electron chi connectivity index (χ4n) is 10.0. The Bertz CT molecular complexity index is 2540. The highest BCUT2D eigenvalue weighted by atomic mass is 15.1. The van der Waals surface area contributed by atoms with E-state index in [0.29, 0.717) is 11.8 Å². The summed E-state index contributed by atoms with van der Waals surface area (Å²) < 4.78 is 2.62. The van der Waals surface area contributed by atoms with Crippen LogP contribution in [0, 0.1) is 26.7 Å². The number of nitrogens with zero attached hydrogens (tertiary/aromatic N) is 1. The van der Waals surface area contributed by atoms with Gasteiger partial charge in [-0.05, 0) is 135 Å². The molecule has 1 heteroatoms. The van der Waals surface area contributed by atoms with E-state index in [1.807, 2.05) is 0 Å². The maximum Gasteiger partial charge on any atom is 0.221 e. The summed E-state index contributed by atoms with van der Waals surface area (Å²) in [6, 6.07) is 48.2. The number of hydrogen-bond donors (Lipinski definition) is 0. The Morgan fingerprint density at radius 2 is 1.18 bits per heavy atom. The number of unbranched alkanes of at least 4 members (excludes halogenated alkanes) is 1. The number of aromatic nitrogens is 1. The summed E-state index contributed by atoms with van der Waals surface area (Å²) in [6.45, 7) is 19.0. The van der Waals surface area contributed by atoms with Gasteiger partial charge < -0.3 is 0 Å². The van der Waals surface area contributed by atoms with Crippen molar-refractivity contribution in [2.24, 2.45) is 5.92 Å². The first-order valence-corrected chi connectivity index (χ1v) is 20.6. The predicted molar refractivity (Wildman–Crippen MR) is 236 cm³/mol. The van der Waals surface area contributed by atoms with Gasteiger partial charge in [-0.1, -0.05) is 137 Å². The van der Waals surface area contributed by atoms with Gasteiger partial charge in [-0.2, -0.15) is 4.57 Å². The smallest absolute Gasteiger partial charge is 0.192 e. The van der Waals surface area contributed by atoms with Crippen LogP contribution in [0.3, 0.4) is 0 Å². The Kier molecular flexibility index (Phi) is 9.85. The number of aryl methyl sites for hydroxylation is 1. The summed E-state index contributed by atoms with van der Waals surface area (Å²) in [4.78, 5) is 0. The Balaban J connectivity index is 1.33. The molecule has 0 N–H and O–H groups in total. The molecular weight excluding hydrogens is 663 g/mol. The highest BCUT2D eigenvalue weighted by Gasteiger charge is 2.47. The van der Waals surface area contributed by atoms with Crippen LogP contribution < -0.4 is 4.57 Å². The minimum absolute atomic E-state index is 0.0118. The molecule has 0 saturated heterocycles. The average molecular weight is 719 g/mol. The second-order valence-corrected chi connectivity index (χ2v) is 16.5. The van der Waals surface area contributed by atoms with E-state index >= 15 is 0 Å². The molecule has 1 nitrogen and oxygen atoms in total. The summed E-state index contributed by atoms with van der Waals surface area (Å²) in [5.74, 6) is 0.873. The minimum atomic E-state index is -0.0118. The van der Waals surface area contributed by atoms with E-state index < -0.39 is 0 Å². The number of fused-ring (bicyclic) bond motifs is 5. The molecule has 8 rings (SSSR count). The van der Waals surface area contributed by atoms with Gasteiger partial charge in [0.25, 0.3) is 0 Å². The standard InChI is InChI=1S/C54H56N/c1-9-11-19-40-20-17-25-45(32-40)51-36(4)50(42-22-13-12-14-23-42)37(5)52(38(51)6)46-26-18-24-43(33-46)44-28-29-47-35(3)39(7)54(8,10-2)55-31-30-41-21-15-16-27-48(41)53(55)49(47)34-44/h12-18,20-35,39H,9-11,19H2,1-8H3/q+1. The zero-order chi connectivity index (χ0) is 38.4. The molecule has 0 amide bonds. The summed E-state index contributed by atoms with van der Waals surface area (Å²) >= 11 is 0. The van der Waals surface area contributed by atoms with Crippen molar-refractivity contribution in [2.75, 3.05) is 0 Å². The zero-order valence-electron chi connectivity index (χ0n) is 34.1. The van der Waals surface area contributed by atoms with Crippen molar-refractivity contribution in [3.05, 3.63) is 161 Å². The van der Waals surface area contributed by atoms with Gasteiger partial charge in [-0.15, -0.1) is 0 Å². The van der Waals surface area contributed by atoms with E-state index in [9.17, 15) is 0 Å². The summed E-state index contributed by atoms with van der Waals surface area (Å²) in [5, 5.41) is 2.61. The Labute approximate surface area is 329 Å². The lowest BCUT2D eigenvalue weighted by atomic mass is 9.74. The Morgan fingerprint density at radius 3 is 1.89 bits per heavy atom. The minimum Gasteiger partial charge on any atom is -0.192 e. The fraction of sp³-hybridized carbons (Fsp3) is 0.278. The van der Waals surface area contributed by atoms with Crippen molar-refractivity contribution in [1.82, 2.24) is 0 Å². The van der Waals surface area contributed by atoms with Crippen LogP contribution in [0.1, 0.15) is 87.6 Å². The van der Waals surface area contributed by atoms with Crippen molar-refractivity contribution in [3.63, 3.8) is 0 Å². The third-order valence-corrected chi connectivity index (χ3v) is 13.5. The number of hydrogen-bond acceptors (Lipinski definition) is 0. The van der Waals surface area contributed by atoms with E-state index in [-0.39, 0.29) is 5.54 Å². The maximum absolute atomic E-state index is 2.62. The van der Waals surface area contributed by atoms with Crippen LogP contribution in [0.4, 0.5) is 0 Å². The molecule has 1 aliphatic rings. The quantitative estimate of drug-likeness (QED) is 0.138. The molecule has 2 heterocycles. The molecule has 3 unspecified atom stereocenters.